The third-order valence-electron chi connectivity index (χ3n) is 6.07. The number of aldehydes is 1. The van der Waals surface area contributed by atoms with Gasteiger partial charge in [0.1, 0.15) is 6.29 Å². The Morgan fingerprint density at radius 1 is 1.40 bits per heavy atom. The van der Waals surface area contributed by atoms with Crippen LogP contribution in [0.5, 0.6) is 0 Å². The van der Waals surface area contributed by atoms with E-state index in [2.05, 4.69) is 0 Å². The predicted octanol–water partition coefficient (Wildman–Crippen LogP) is 1.12. The number of carboxylic acid groups (broad SMARTS) is 1. The normalized spacial score (nSPS) is 46.5. The smallest absolute Gasteiger partial charge is 0.309 e. The van der Waals surface area contributed by atoms with Crippen LogP contribution < -0.4 is 5.73 Å². The third-order valence-corrected chi connectivity index (χ3v) is 6.07. The molecule has 0 spiro atoms. The number of ketones is 1. The lowest BCUT2D eigenvalue weighted by molar-refractivity contribution is -0.148. The minimum absolute atomic E-state index is 0.0544. The average molecular weight is 277 g/mol. The monoisotopic (exact) mass is 277 g/mol. The summed E-state index contributed by atoms with van der Waals surface area (Å²) in [6.45, 7) is 3.67. The molecule has 0 radical (unpaired) electrons. The maximum absolute atomic E-state index is 12.2. The molecule has 2 fully saturated rings. The summed E-state index contributed by atoms with van der Waals surface area (Å²) in [6, 6.07) is 0. The Morgan fingerprint density at radius 3 is 2.60 bits per heavy atom. The second-order valence-corrected chi connectivity index (χ2v) is 7.02. The van der Waals surface area contributed by atoms with Crippen LogP contribution in [0.3, 0.4) is 0 Å². The highest BCUT2D eigenvalue weighted by Crippen LogP contribution is 2.67. The van der Waals surface area contributed by atoms with Gasteiger partial charge in [-0.25, -0.2) is 0 Å². The maximum Gasteiger partial charge on any atom is 0.309 e. The summed E-state index contributed by atoms with van der Waals surface area (Å²) in [5.74, 6) is -0.907. The van der Waals surface area contributed by atoms with Gasteiger partial charge < -0.3 is 10.8 Å². The molecule has 0 saturated heterocycles. The Kier molecular flexibility index (Phi) is 2.48. The number of carbonyl (C=O) groups excluding carboxylic acids is 2. The molecule has 5 nitrogen and oxygen atoms in total. The van der Waals surface area contributed by atoms with Gasteiger partial charge in [0.2, 0.25) is 0 Å². The van der Waals surface area contributed by atoms with E-state index in [0.29, 0.717) is 31.1 Å². The Morgan fingerprint density at radius 2 is 2.05 bits per heavy atom. The average Bonchev–Trinajstić information content (AvgIpc) is 2.90. The topological polar surface area (TPSA) is 97.5 Å². The maximum atomic E-state index is 12.2. The lowest BCUT2D eigenvalue weighted by Gasteiger charge is -2.33. The standard InChI is InChI=1S/C15H19NO4/c1-14(13(19)20)4-7-3-8-12(18)11(16)10(6-17)15(8,2)9(7)5-14/h6-9H,3-5,16H2,1-2H3,(H,19,20)/t7-,8-,9+,14-,15+/m0/s1. The summed E-state index contributed by atoms with van der Waals surface area (Å²) in [7, 11) is 0. The lowest BCUT2D eigenvalue weighted by Crippen LogP contribution is -2.33. The highest BCUT2D eigenvalue weighted by atomic mass is 16.4. The van der Waals surface area contributed by atoms with Gasteiger partial charge in [-0.1, -0.05) is 6.92 Å². The molecule has 0 unspecified atom stereocenters. The summed E-state index contributed by atoms with van der Waals surface area (Å²) in [4.78, 5) is 35.1. The van der Waals surface area contributed by atoms with E-state index >= 15 is 0 Å². The molecule has 5 heteroatoms. The second kappa shape index (κ2) is 3.71. The number of fused-ring (bicyclic) bond motifs is 3. The van der Waals surface area contributed by atoms with Crippen LogP contribution in [0, 0.1) is 28.6 Å². The van der Waals surface area contributed by atoms with E-state index in [1.54, 1.807) is 6.92 Å². The second-order valence-electron chi connectivity index (χ2n) is 7.02. The quantitative estimate of drug-likeness (QED) is 0.737. The van der Waals surface area contributed by atoms with Gasteiger partial charge in [0.15, 0.2) is 5.78 Å². The number of carbonyl (C=O) groups is 3. The number of nitrogens with two attached hydrogens (primary N) is 1. The summed E-state index contributed by atoms with van der Waals surface area (Å²) >= 11 is 0. The first-order chi connectivity index (χ1) is 9.25. The number of hydrogen-bond acceptors (Lipinski definition) is 4. The molecule has 3 rings (SSSR count). The van der Waals surface area contributed by atoms with Crippen LogP contribution in [-0.4, -0.2) is 23.1 Å². The molecular formula is C15H19NO4. The van der Waals surface area contributed by atoms with Gasteiger partial charge in [0.25, 0.3) is 0 Å². The van der Waals surface area contributed by atoms with Crippen LogP contribution in [0.4, 0.5) is 0 Å². The van der Waals surface area contributed by atoms with E-state index in [9.17, 15) is 19.5 Å². The number of Topliss-reactive ketones (excluding diaryl/α,β-unsaturated/α-hetero) is 1. The van der Waals surface area contributed by atoms with Gasteiger partial charge in [-0.2, -0.15) is 0 Å². The molecule has 3 N–H and O–H groups in total. The first-order valence-electron chi connectivity index (χ1n) is 6.98. The van der Waals surface area contributed by atoms with Crippen molar-refractivity contribution in [2.24, 2.45) is 34.3 Å². The minimum Gasteiger partial charge on any atom is -0.481 e. The molecule has 0 heterocycles. The summed E-state index contributed by atoms with van der Waals surface area (Å²) in [6.07, 6.45) is 2.45. The molecule has 108 valence electrons. The first-order valence-corrected chi connectivity index (χ1v) is 6.98. The highest BCUT2D eigenvalue weighted by Gasteiger charge is 2.65. The van der Waals surface area contributed by atoms with Gasteiger partial charge in [-0.3, -0.25) is 14.4 Å². The fraction of sp³-hybridized carbons (Fsp3) is 0.667. The third kappa shape index (κ3) is 1.30. The van der Waals surface area contributed by atoms with Crippen LogP contribution in [0.25, 0.3) is 0 Å². The molecule has 0 aliphatic heterocycles. The molecule has 3 aliphatic rings. The number of allylic oxidation sites excluding steroid dienone is 2. The molecule has 0 amide bonds. The van der Waals surface area contributed by atoms with Crippen molar-refractivity contribution in [3.05, 3.63) is 11.3 Å². The number of rotatable bonds is 2. The summed E-state index contributed by atoms with van der Waals surface area (Å²) < 4.78 is 0. The Balaban J connectivity index is 2.04. The summed E-state index contributed by atoms with van der Waals surface area (Å²) in [5.41, 5.74) is 4.97. The Labute approximate surface area is 117 Å². The number of aliphatic carboxylic acids is 1. The van der Waals surface area contributed by atoms with E-state index in [1.165, 1.54) is 0 Å². The van der Waals surface area contributed by atoms with Crippen molar-refractivity contribution in [2.45, 2.75) is 33.1 Å². The van der Waals surface area contributed by atoms with Crippen molar-refractivity contribution in [2.75, 3.05) is 0 Å². The zero-order valence-electron chi connectivity index (χ0n) is 11.7. The van der Waals surface area contributed by atoms with E-state index in [0.717, 1.165) is 0 Å². The van der Waals surface area contributed by atoms with Gasteiger partial charge in [0, 0.05) is 16.9 Å². The van der Waals surface area contributed by atoms with Crippen molar-refractivity contribution in [3.63, 3.8) is 0 Å². The number of carboxylic acids is 1. The van der Waals surface area contributed by atoms with Crippen LogP contribution in [0.1, 0.15) is 33.1 Å². The largest absolute Gasteiger partial charge is 0.481 e. The molecule has 20 heavy (non-hydrogen) atoms. The van der Waals surface area contributed by atoms with E-state index in [4.69, 9.17) is 5.73 Å². The van der Waals surface area contributed by atoms with Crippen LogP contribution in [0.15, 0.2) is 11.3 Å². The fourth-order valence-electron chi connectivity index (χ4n) is 4.95. The summed E-state index contributed by atoms with van der Waals surface area (Å²) in [5, 5.41) is 9.41. The molecule has 0 aromatic rings. The van der Waals surface area contributed by atoms with Gasteiger partial charge >= 0.3 is 5.97 Å². The molecule has 0 bridgehead atoms. The number of hydrogen-bond donors (Lipinski definition) is 2. The van der Waals surface area contributed by atoms with E-state index in [1.807, 2.05) is 6.92 Å². The van der Waals surface area contributed by atoms with Crippen molar-refractivity contribution < 1.29 is 19.5 Å². The van der Waals surface area contributed by atoms with Gasteiger partial charge in [0.05, 0.1) is 11.1 Å². The Bertz CT molecular complexity index is 566. The lowest BCUT2D eigenvalue weighted by atomic mass is 9.69. The molecule has 2 saturated carbocycles. The van der Waals surface area contributed by atoms with Crippen molar-refractivity contribution in [3.8, 4) is 0 Å². The van der Waals surface area contributed by atoms with Gasteiger partial charge in [-0.05, 0) is 38.0 Å². The van der Waals surface area contributed by atoms with Crippen molar-refractivity contribution in [1.29, 1.82) is 0 Å². The molecule has 5 atom stereocenters. The van der Waals surface area contributed by atoms with Gasteiger partial charge in [-0.15, -0.1) is 0 Å². The first kappa shape index (κ1) is 13.3. The highest BCUT2D eigenvalue weighted by molar-refractivity contribution is 6.07. The Hall–Kier alpha value is -1.65. The van der Waals surface area contributed by atoms with Crippen molar-refractivity contribution >= 4 is 18.0 Å². The van der Waals surface area contributed by atoms with E-state index in [-0.39, 0.29) is 29.2 Å². The molecule has 0 aromatic carbocycles. The van der Waals surface area contributed by atoms with Crippen LogP contribution >= 0.6 is 0 Å². The van der Waals surface area contributed by atoms with Crippen molar-refractivity contribution in [1.82, 2.24) is 0 Å². The zero-order valence-corrected chi connectivity index (χ0v) is 11.7. The van der Waals surface area contributed by atoms with Crippen LogP contribution in [-0.2, 0) is 14.4 Å². The minimum atomic E-state index is -0.791. The zero-order chi connectivity index (χ0) is 14.9. The molecular weight excluding hydrogens is 258 g/mol. The fourth-order valence-corrected chi connectivity index (χ4v) is 4.95. The van der Waals surface area contributed by atoms with E-state index < -0.39 is 16.8 Å². The SMILES string of the molecule is C[C@]1(C(=O)O)C[C@@H]2C[C@H]3C(=O)C(N)=C(C=O)[C@@]3(C)[C@@H]2C1. The van der Waals surface area contributed by atoms with Crippen LogP contribution in [0.2, 0.25) is 0 Å². The predicted molar refractivity (Wildman–Crippen MR) is 70.5 cm³/mol. The molecule has 3 aliphatic carbocycles. The molecule has 0 aromatic heterocycles.